The number of benzene rings is 1. The van der Waals surface area contributed by atoms with Gasteiger partial charge in [-0.2, -0.15) is 0 Å². The van der Waals surface area contributed by atoms with Gasteiger partial charge in [0.25, 0.3) is 0 Å². The molecule has 0 N–H and O–H groups in total. The predicted molar refractivity (Wildman–Crippen MR) is 83.3 cm³/mol. The Labute approximate surface area is 122 Å². The summed E-state index contributed by atoms with van der Waals surface area (Å²) in [5.74, 6) is 0.291. The van der Waals surface area contributed by atoms with Gasteiger partial charge in [-0.25, -0.2) is 0 Å². The van der Waals surface area contributed by atoms with Gasteiger partial charge in [-0.05, 0) is 24.8 Å². The van der Waals surface area contributed by atoms with Crippen molar-refractivity contribution in [3.8, 4) is 0 Å². The minimum atomic E-state index is 0.291. The van der Waals surface area contributed by atoms with E-state index in [0.29, 0.717) is 12.3 Å². The molecule has 2 heteroatoms. The fraction of sp³-hybridized carbons (Fsp3) is 0.500. The van der Waals surface area contributed by atoms with Gasteiger partial charge in [0, 0.05) is 19.5 Å². The second kappa shape index (κ2) is 8.57. The summed E-state index contributed by atoms with van der Waals surface area (Å²) < 4.78 is 0. The van der Waals surface area contributed by atoms with Crippen molar-refractivity contribution in [1.29, 1.82) is 0 Å². The number of rotatable bonds is 2. The maximum absolute atomic E-state index is 12.3. The highest BCUT2D eigenvalue weighted by Gasteiger charge is 2.12. The van der Waals surface area contributed by atoms with E-state index in [1.807, 2.05) is 23.1 Å². The number of hydrogen-bond donors (Lipinski definition) is 0. The van der Waals surface area contributed by atoms with E-state index in [-0.39, 0.29) is 0 Å². The standard InChI is InChI=1S/C18H25NO/c20-18-14-10-5-3-1-2-4-6-11-15-19(18)16-17-12-8-7-9-13-17/h6-9,11-13H,1-5,10,14-16H2/b11-6+. The van der Waals surface area contributed by atoms with Crippen molar-refractivity contribution in [3.63, 3.8) is 0 Å². The molecule has 0 saturated carbocycles. The van der Waals surface area contributed by atoms with Crippen LogP contribution in [-0.2, 0) is 11.3 Å². The van der Waals surface area contributed by atoms with Crippen LogP contribution in [0.15, 0.2) is 42.5 Å². The Morgan fingerprint density at radius 2 is 1.65 bits per heavy atom. The summed E-state index contributed by atoms with van der Waals surface area (Å²) in [5.41, 5.74) is 1.21. The normalized spacial score (nSPS) is 20.0. The van der Waals surface area contributed by atoms with Gasteiger partial charge < -0.3 is 4.90 Å². The summed E-state index contributed by atoms with van der Waals surface area (Å²) in [4.78, 5) is 14.3. The lowest BCUT2D eigenvalue weighted by Crippen LogP contribution is -2.30. The molecule has 1 amide bonds. The molecule has 1 aliphatic rings. The molecule has 0 saturated heterocycles. The van der Waals surface area contributed by atoms with Crippen LogP contribution >= 0.6 is 0 Å². The zero-order valence-corrected chi connectivity index (χ0v) is 12.3. The van der Waals surface area contributed by atoms with E-state index in [1.165, 1.54) is 31.2 Å². The van der Waals surface area contributed by atoms with Gasteiger partial charge in [-0.1, -0.05) is 61.7 Å². The summed E-state index contributed by atoms with van der Waals surface area (Å²) in [7, 11) is 0. The zero-order valence-electron chi connectivity index (χ0n) is 12.3. The predicted octanol–water partition coefficient (Wildman–Crippen LogP) is 4.32. The molecule has 108 valence electrons. The maximum Gasteiger partial charge on any atom is 0.223 e. The van der Waals surface area contributed by atoms with Crippen LogP contribution in [0.4, 0.5) is 0 Å². The van der Waals surface area contributed by atoms with Gasteiger partial charge in [0.2, 0.25) is 5.91 Å². The number of hydrogen-bond acceptors (Lipinski definition) is 1. The van der Waals surface area contributed by atoms with E-state index in [2.05, 4.69) is 24.3 Å². The molecule has 0 aliphatic carbocycles. The van der Waals surface area contributed by atoms with Crippen LogP contribution in [0.5, 0.6) is 0 Å². The highest BCUT2D eigenvalue weighted by molar-refractivity contribution is 5.76. The molecule has 0 spiro atoms. The first kappa shape index (κ1) is 14.8. The summed E-state index contributed by atoms with van der Waals surface area (Å²) in [5, 5.41) is 0. The third kappa shape index (κ3) is 5.20. The number of nitrogens with zero attached hydrogens (tertiary/aromatic N) is 1. The Hall–Kier alpha value is -1.57. The fourth-order valence-electron chi connectivity index (χ4n) is 2.60. The maximum atomic E-state index is 12.3. The van der Waals surface area contributed by atoms with E-state index in [0.717, 1.165) is 25.9 Å². The van der Waals surface area contributed by atoms with E-state index in [9.17, 15) is 4.79 Å². The highest BCUT2D eigenvalue weighted by Crippen LogP contribution is 2.12. The zero-order chi connectivity index (χ0) is 14.0. The van der Waals surface area contributed by atoms with Crippen molar-refractivity contribution in [2.75, 3.05) is 6.54 Å². The number of amides is 1. The van der Waals surface area contributed by atoms with Crippen molar-refractivity contribution in [2.24, 2.45) is 0 Å². The first-order valence-electron chi connectivity index (χ1n) is 7.83. The molecule has 1 aromatic carbocycles. The minimum absolute atomic E-state index is 0.291. The molecule has 0 atom stereocenters. The monoisotopic (exact) mass is 271 g/mol. The molecule has 0 unspecified atom stereocenters. The van der Waals surface area contributed by atoms with Crippen LogP contribution in [-0.4, -0.2) is 17.4 Å². The van der Waals surface area contributed by atoms with Crippen LogP contribution in [0, 0.1) is 0 Å². The highest BCUT2D eigenvalue weighted by atomic mass is 16.2. The Bertz CT molecular complexity index is 424. The average Bonchev–Trinajstić information content (AvgIpc) is 2.47. The second-order valence-electron chi connectivity index (χ2n) is 5.54. The topological polar surface area (TPSA) is 20.3 Å². The van der Waals surface area contributed by atoms with E-state index < -0.39 is 0 Å². The van der Waals surface area contributed by atoms with Crippen LogP contribution in [0.3, 0.4) is 0 Å². The average molecular weight is 271 g/mol. The first-order valence-corrected chi connectivity index (χ1v) is 7.83. The molecule has 0 radical (unpaired) electrons. The molecular weight excluding hydrogens is 246 g/mol. The Balaban J connectivity index is 1.98. The molecule has 0 aromatic heterocycles. The summed E-state index contributed by atoms with van der Waals surface area (Å²) in [6, 6.07) is 10.3. The van der Waals surface area contributed by atoms with Crippen LogP contribution < -0.4 is 0 Å². The first-order chi connectivity index (χ1) is 9.86. The lowest BCUT2D eigenvalue weighted by atomic mass is 10.1. The largest absolute Gasteiger partial charge is 0.335 e. The molecular formula is C18H25NO. The number of carbonyl (C=O) groups is 1. The van der Waals surface area contributed by atoms with Gasteiger partial charge >= 0.3 is 0 Å². The van der Waals surface area contributed by atoms with Gasteiger partial charge in [0.05, 0.1) is 0 Å². The van der Waals surface area contributed by atoms with E-state index in [1.54, 1.807) is 0 Å². The van der Waals surface area contributed by atoms with E-state index >= 15 is 0 Å². The van der Waals surface area contributed by atoms with Crippen molar-refractivity contribution >= 4 is 5.91 Å². The summed E-state index contributed by atoms with van der Waals surface area (Å²) in [6.45, 7) is 1.47. The van der Waals surface area contributed by atoms with Crippen molar-refractivity contribution in [3.05, 3.63) is 48.0 Å². The smallest absolute Gasteiger partial charge is 0.223 e. The molecule has 2 nitrogen and oxygen atoms in total. The number of allylic oxidation sites excluding steroid dienone is 1. The lowest BCUT2D eigenvalue weighted by molar-refractivity contribution is -0.131. The van der Waals surface area contributed by atoms with Gasteiger partial charge in [0.15, 0.2) is 0 Å². The van der Waals surface area contributed by atoms with Gasteiger partial charge in [-0.3, -0.25) is 4.79 Å². The third-order valence-corrected chi connectivity index (χ3v) is 3.82. The third-order valence-electron chi connectivity index (χ3n) is 3.82. The quantitative estimate of drug-likeness (QED) is 0.734. The summed E-state index contributed by atoms with van der Waals surface area (Å²) >= 11 is 0. The Morgan fingerprint density at radius 1 is 0.900 bits per heavy atom. The molecule has 0 fully saturated rings. The van der Waals surface area contributed by atoms with Crippen molar-refractivity contribution in [1.82, 2.24) is 4.90 Å². The van der Waals surface area contributed by atoms with E-state index in [4.69, 9.17) is 0 Å². The van der Waals surface area contributed by atoms with Crippen molar-refractivity contribution in [2.45, 2.75) is 51.5 Å². The van der Waals surface area contributed by atoms with Crippen molar-refractivity contribution < 1.29 is 4.79 Å². The molecule has 0 bridgehead atoms. The fourth-order valence-corrected chi connectivity index (χ4v) is 2.60. The number of carbonyl (C=O) groups excluding carboxylic acids is 1. The molecule has 20 heavy (non-hydrogen) atoms. The molecule has 1 aliphatic heterocycles. The lowest BCUT2D eigenvalue weighted by Gasteiger charge is -2.22. The molecule has 1 heterocycles. The minimum Gasteiger partial charge on any atom is -0.335 e. The molecule has 2 rings (SSSR count). The SMILES string of the molecule is O=C1CCCCCCC/C=C/CN1Cc1ccccc1. The molecule has 1 aromatic rings. The Morgan fingerprint density at radius 3 is 2.50 bits per heavy atom. The van der Waals surface area contributed by atoms with Crippen LogP contribution in [0.25, 0.3) is 0 Å². The van der Waals surface area contributed by atoms with Crippen LogP contribution in [0.2, 0.25) is 0 Å². The Kier molecular flexibility index (Phi) is 6.36. The van der Waals surface area contributed by atoms with Gasteiger partial charge in [-0.15, -0.1) is 0 Å². The van der Waals surface area contributed by atoms with Crippen LogP contribution in [0.1, 0.15) is 50.5 Å². The summed E-state index contributed by atoms with van der Waals surface area (Å²) in [6.07, 6.45) is 12.3. The second-order valence-corrected chi connectivity index (χ2v) is 5.54. The van der Waals surface area contributed by atoms with Gasteiger partial charge in [0.1, 0.15) is 0 Å².